The maximum absolute atomic E-state index is 11.7. The second-order valence-corrected chi connectivity index (χ2v) is 7.07. The van der Waals surface area contributed by atoms with Crippen LogP contribution in [-0.2, 0) is 10.0 Å². The number of sulfonamides is 1. The lowest BCUT2D eigenvalue weighted by Crippen LogP contribution is -2.39. The van der Waals surface area contributed by atoms with E-state index in [1.165, 1.54) is 0 Å². The maximum atomic E-state index is 11.7. The van der Waals surface area contributed by atoms with Crippen LogP contribution in [0.3, 0.4) is 0 Å². The molecule has 0 fully saturated rings. The van der Waals surface area contributed by atoms with Gasteiger partial charge in [0.1, 0.15) is 0 Å². The molecule has 0 heterocycles. The van der Waals surface area contributed by atoms with Crippen LogP contribution in [0.2, 0.25) is 0 Å². The molecule has 0 bridgehead atoms. The Kier molecular flexibility index (Phi) is 8.00. The van der Waals surface area contributed by atoms with E-state index in [0.29, 0.717) is 18.5 Å². The van der Waals surface area contributed by atoms with Crippen molar-refractivity contribution in [3.63, 3.8) is 0 Å². The maximum Gasteiger partial charge on any atom is 0.213 e. The summed E-state index contributed by atoms with van der Waals surface area (Å²) in [7, 11) is -3.14. The molecule has 0 aromatic carbocycles. The SMILES string of the molecule is CCC(C)CC(C)NS(=O)(=O)CCNC(C)C. The minimum absolute atomic E-state index is 0.0222. The lowest BCUT2D eigenvalue weighted by Gasteiger charge is -2.18. The molecule has 0 amide bonds. The van der Waals surface area contributed by atoms with Gasteiger partial charge in [-0.1, -0.05) is 34.1 Å². The molecule has 0 saturated carbocycles. The summed E-state index contributed by atoms with van der Waals surface area (Å²) in [6, 6.07) is 0.344. The number of rotatable bonds is 9. The van der Waals surface area contributed by atoms with Gasteiger partial charge in [0.2, 0.25) is 10.0 Å². The van der Waals surface area contributed by atoms with Crippen molar-refractivity contribution in [2.24, 2.45) is 5.92 Å². The standard InChI is InChI=1S/C12H28N2O2S/c1-6-11(4)9-12(5)14-17(15,16)8-7-13-10(2)3/h10-14H,6-9H2,1-5H3. The Labute approximate surface area is 107 Å². The van der Waals surface area contributed by atoms with Crippen LogP contribution in [0.1, 0.15) is 47.5 Å². The number of hydrogen-bond acceptors (Lipinski definition) is 3. The summed E-state index contributed by atoms with van der Waals surface area (Å²) in [5, 5.41) is 3.11. The summed E-state index contributed by atoms with van der Waals surface area (Å²) in [6.07, 6.45) is 1.98. The van der Waals surface area contributed by atoms with Crippen molar-refractivity contribution < 1.29 is 8.42 Å². The summed E-state index contributed by atoms with van der Waals surface area (Å²) in [5.74, 6) is 0.706. The summed E-state index contributed by atoms with van der Waals surface area (Å²) in [6.45, 7) is 10.7. The van der Waals surface area contributed by atoms with Gasteiger partial charge < -0.3 is 5.32 Å². The van der Waals surface area contributed by atoms with E-state index in [9.17, 15) is 8.42 Å². The molecule has 0 aliphatic rings. The van der Waals surface area contributed by atoms with Crippen LogP contribution in [0.4, 0.5) is 0 Å². The monoisotopic (exact) mass is 264 g/mol. The second-order valence-electron chi connectivity index (χ2n) is 5.20. The van der Waals surface area contributed by atoms with Crippen molar-refractivity contribution in [3.8, 4) is 0 Å². The largest absolute Gasteiger partial charge is 0.313 e. The highest BCUT2D eigenvalue weighted by Crippen LogP contribution is 2.09. The van der Waals surface area contributed by atoms with Gasteiger partial charge in [0, 0.05) is 18.6 Å². The zero-order valence-corrected chi connectivity index (χ0v) is 12.6. The van der Waals surface area contributed by atoms with Crippen LogP contribution in [0, 0.1) is 5.92 Å². The Hall–Kier alpha value is -0.130. The van der Waals surface area contributed by atoms with Crippen molar-refractivity contribution >= 4 is 10.0 Å². The molecular formula is C12H28N2O2S. The lowest BCUT2D eigenvalue weighted by atomic mass is 10.0. The zero-order valence-electron chi connectivity index (χ0n) is 11.8. The molecule has 0 radical (unpaired) electrons. The first-order chi connectivity index (χ1) is 7.76. The average molecular weight is 264 g/mol. The molecule has 0 saturated heterocycles. The molecule has 2 atom stereocenters. The topological polar surface area (TPSA) is 58.2 Å². The van der Waals surface area contributed by atoms with Gasteiger partial charge in [-0.3, -0.25) is 0 Å². The zero-order chi connectivity index (χ0) is 13.5. The highest BCUT2D eigenvalue weighted by molar-refractivity contribution is 7.89. The summed E-state index contributed by atoms with van der Waals surface area (Å²) < 4.78 is 26.2. The summed E-state index contributed by atoms with van der Waals surface area (Å²) in [4.78, 5) is 0. The van der Waals surface area contributed by atoms with E-state index in [-0.39, 0.29) is 11.8 Å². The predicted molar refractivity (Wildman–Crippen MR) is 73.6 cm³/mol. The lowest BCUT2D eigenvalue weighted by molar-refractivity contribution is 0.445. The van der Waals surface area contributed by atoms with Crippen molar-refractivity contribution in [2.75, 3.05) is 12.3 Å². The molecule has 0 spiro atoms. The Balaban J connectivity index is 3.99. The first-order valence-corrected chi connectivity index (χ1v) is 8.15. The molecule has 2 unspecified atom stereocenters. The minimum atomic E-state index is -3.14. The Bertz CT molecular complexity index is 289. The molecule has 0 aliphatic carbocycles. The van der Waals surface area contributed by atoms with Gasteiger partial charge in [0.25, 0.3) is 0 Å². The van der Waals surface area contributed by atoms with E-state index in [4.69, 9.17) is 0 Å². The molecule has 0 rings (SSSR count). The smallest absolute Gasteiger partial charge is 0.213 e. The van der Waals surface area contributed by atoms with Crippen LogP contribution in [-0.4, -0.2) is 32.8 Å². The fraction of sp³-hybridized carbons (Fsp3) is 1.00. The third kappa shape index (κ3) is 9.56. The fourth-order valence-electron chi connectivity index (χ4n) is 1.67. The van der Waals surface area contributed by atoms with Crippen molar-refractivity contribution in [2.45, 2.75) is 59.5 Å². The number of hydrogen-bond donors (Lipinski definition) is 2. The average Bonchev–Trinajstić information content (AvgIpc) is 2.15. The molecule has 2 N–H and O–H groups in total. The number of nitrogens with one attached hydrogen (secondary N) is 2. The summed E-state index contributed by atoms with van der Waals surface area (Å²) >= 11 is 0. The third-order valence-corrected chi connectivity index (χ3v) is 4.26. The van der Waals surface area contributed by atoms with Crippen LogP contribution in [0.5, 0.6) is 0 Å². The quantitative estimate of drug-likeness (QED) is 0.667. The Morgan fingerprint density at radius 1 is 1.12 bits per heavy atom. The van der Waals surface area contributed by atoms with E-state index in [1.807, 2.05) is 20.8 Å². The van der Waals surface area contributed by atoms with Crippen molar-refractivity contribution in [1.82, 2.24) is 10.0 Å². The Morgan fingerprint density at radius 2 is 1.71 bits per heavy atom. The van der Waals surface area contributed by atoms with Crippen LogP contribution >= 0.6 is 0 Å². The molecule has 17 heavy (non-hydrogen) atoms. The van der Waals surface area contributed by atoms with E-state index in [2.05, 4.69) is 23.9 Å². The third-order valence-electron chi connectivity index (χ3n) is 2.76. The van der Waals surface area contributed by atoms with Gasteiger partial charge in [-0.05, 0) is 19.3 Å². The van der Waals surface area contributed by atoms with Gasteiger partial charge in [-0.15, -0.1) is 0 Å². The second kappa shape index (κ2) is 8.06. The first-order valence-electron chi connectivity index (χ1n) is 6.50. The normalized spacial score (nSPS) is 16.1. The van der Waals surface area contributed by atoms with Crippen LogP contribution in [0.25, 0.3) is 0 Å². The van der Waals surface area contributed by atoms with Gasteiger partial charge >= 0.3 is 0 Å². The minimum Gasteiger partial charge on any atom is -0.313 e. The molecule has 5 heteroatoms. The predicted octanol–water partition coefficient (Wildman–Crippen LogP) is 1.73. The van der Waals surface area contributed by atoms with Gasteiger partial charge in [0.15, 0.2) is 0 Å². The first kappa shape index (κ1) is 16.9. The highest BCUT2D eigenvalue weighted by atomic mass is 32.2. The molecule has 4 nitrogen and oxygen atoms in total. The summed E-state index contributed by atoms with van der Waals surface area (Å²) in [5.41, 5.74) is 0. The molecular weight excluding hydrogens is 236 g/mol. The highest BCUT2D eigenvalue weighted by Gasteiger charge is 2.15. The van der Waals surface area contributed by atoms with Gasteiger partial charge in [-0.2, -0.15) is 0 Å². The van der Waals surface area contributed by atoms with Gasteiger partial charge in [0.05, 0.1) is 5.75 Å². The fourth-order valence-corrected chi connectivity index (χ4v) is 2.88. The molecule has 0 aliphatic heterocycles. The van der Waals surface area contributed by atoms with Crippen molar-refractivity contribution in [3.05, 3.63) is 0 Å². The van der Waals surface area contributed by atoms with Gasteiger partial charge in [-0.25, -0.2) is 13.1 Å². The van der Waals surface area contributed by atoms with E-state index in [0.717, 1.165) is 12.8 Å². The van der Waals surface area contributed by atoms with Crippen LogP contribution < -0.4 is 10.0 Å². The van der Waals surface area contributed by atoms with E-state index in [1.54, 1.807) is 0 Å². The van der Waals surface area contributed by atoms with Crippen molar-refractivity contribution in [1.29, 1.82) is 0 Å². The molecule has 104 valence electrons. The Morgan fingerprint density at radius 3 is 2.18 bits per heavy atom. The van der Waals surface area contributed by atoms with Crippen LogP contribution in [0.15, 0.2) is 0 Å². The van der Waals surface area contributed by atoms with E-state index < -0.39 is 10.0 Å². The van der Waals surface area contributed by atoms with E-state index >= 15 is 0 Å². The molecule has 0 aromatic rings. The molecule has 0 aromatic heterocycles.